The van der Waals surface area contributed by atoms with Crippen LogP contribution in [-0.4, -0.2) is 89.9 Å². The Morgan fingerprint density at radius 1 is 0.780 bits per heavy atom. The first-order valence-electron chi connectivity index (χ1n) is 12.4. The van der Waals surface area contributed by atoms with Gasteiger partial charge < -0.3 is 55.1 Å². The van der Waals surface area contributed by atoms with Crippen LogP contribution in [0.2, 0.25) is 0 Å². The van der Waals surface area contributed by atoms with E-state index >= 15 is 0 Å². The van der Waals surface area contributed by atoms with Gasteiger partial charge in [-0.15, -0.1) is 0 Å². The SMILES string of the molecule is O=C(OC[C@H]1O[C@@H](Oc2cc(O)c(C(=O)CCc3ccccc3)c(O)c2)[C@H](O)[C@@H](O)[C@@H]1O)c1cc(O)c(O)c(O)c1. The first-order chi connectivity index (χ1) is 19.5. The average molecular weight is 573 g/mol. The van der Waals surface area contributed by atoms with Crippen LogP contribution in [0.1, 0.15) is 32.7 Å². The lowest BCUT2D eigenvalue weighted by atomic mass is 9.99. The molecule has 1 saturated heterocycles. The number of Topliss-reactive ketones (excluding diaryl/α,β-unsaturated/α-hetero) is 1. The molecule has 13 heteroatoms. The summed E-state index contributed by atoms with van der Waals surface area (Å²) < 4.78 is 15.9. The highest BCUT2D eigenvalue weighted by Gasteiger charge is 2.45. The number of carbonyl (C=O) groups is 2. The van der Waals surface area contributed by atoms with Gasteiger partial charge in [0, 0.05) is 18.6 Å². The maximum atomic E-state index is 12.7. The Labute approximate surface area is 232 Å². The summed E-state index contributed by atoms with van der Waals surface area (Å²) in [7, 11) is 0. The number of aryl methyl sites for hydroxylation is 1. The number of hydrogen-bond acceptors (Lipinski definition) is 13. The van der Waals surface area contributed by atoms with Crippen LogP contribution < -0.4 is 4.74 Å². The van der Waals surface area contributed by atoms with Gasteiger partial charge in [0.25, 0.3) is 0 Å². The third-order valence-electron chi connectivity index (χ3n) is 6.44. The third kappa shape index (κ3) is 6.61. The minimum Gasteiger partial charge on any atom is -0.507 e. The van der Waals surface area contributed by atoms with Gasteiger partial charge in [0.15, 0.2) is 23.0 Å². The van der Waals surface area contributed by atoms with Gasteiger partial charge in [-0.05, 0) is 24.1 Å². The predicted octanol–water partition coefficient (Wildman–Crippen LogP) is 1.07. The number of carbonyl (C=O) groups excluding carboxylic acids is 2. The van der Waals surface area contributed by atoms with Gasteiger partial charge in [0.05, 0.1) is 5.56 Å². The number of aliphatic hydroxyl groups is 3. The molecule has 0 amide bonds. The number of esters is 1. The van der Waals surface area contributed by atoms with Crippen molar-refractivity contribution in [2.45, 2.75) is 43.5 Å². The maximum Gasteiger partial charge on any atom is 0.338 e. The molecule has 0 spiro atoms. The third-order valence-corrected chi connectivity index (χ3v) is 6.44. The Balaban J connectivity index is 1.42. The normalized spacial score (nSPS) is 22.2. The van der Waals surface area contributed by atoms with E-state index in [4.69, 9.17) is 14.2 Å². The van der Waals surface area contributed by atoms with Gasteiger partial charge in [-0.3, -0.25) is 4.79 Å². The van der Waals surface area contributed by atoms with E-state index in [-0.39, 0.29) is 23.3 Å². The molecule has 13 nitrogen and oxygen atoms in total. The molecule has 0 saturated carbocycles. The number of ketones is 1. The Morgan fingerprint density at radius 2 is 1.39 bits per heavy atom. The number of ether oxygens (including phenoxy) is 3. The Hall–Kier alpha value is -4.56. The molecular formula is C28H28O13. The Kier molecular flexibility index (Phi) is 8.83. The zero-order valence-corrected chi connectivity index (χ0v) is 21.3. The minimum absolute atomic E-state index is 0.00362. The van der Waals surface area contributed by atoms with Crippen molar-refractivity contribution in [2.75, 3.05) is 6.61 Å². The zero-order chi connectivity index (χ0) is 29.8. The van der Waals surface area contributed by atoms with E-state index in [1.54, 1.807) is 0 Å². The van der Waals surface area contributed by atoms with Gasteiger partial charge in [-0.25, -0.2) is 4.79 Å². The number of hydrogen-bond donors (Lipinski definition) is 8. The highest BCUT2D eigenvalue weighted by atomic mass is 16.7. The number of aromatic hydroxyl groups is 5. The van der Waals surface area contributed by atoms with E-state index in [1.165, 1.54) is 0 Å². The highest BCUT2D eigenvalue weighted by molar-refractivity contribution is 6.01. The first-order valence-corrected chi connectivity index (χ1v) is 12.4. The van der Waals surface area contributed by atoms with Crippen LogP contribution in [0, 0.1) is 0 Å². The summed E-state index contributed by atoms with van der Waals surface area (Å²) in [6.45, 7) is -0.683. The number of phenolic OH excluding ortho intramolecular Hbond substituents is 5. The van der Waals surface area contributed by atoms with Crippen LogP contribution in [0.25, 0.3) is 0 Å². The molecule has 5 atom stereocenters. The van der Waals surface area contributed by atoms with Crippen LogP contribution in [-0.2, 0) is 15.9 Å². The molecule has 1 heterocycles. The molecule has 3 aromatic carbocycles. The molecule has 218 valence electrons. The number of rotatable bonds is 9. The molecule has 3 aromatic rings. The molecule has 0 unspecified atom stereocenters. The summed E-state index contributed by atoms with van der Waals surface area (Å²) in [6.07, 6.45) is -8.14. The lowest BCUT2D eigenvalue weighted by Gasteiger charge is -2.39. The van der Waals surface area contributed by atoms with E-state index in [2.05, 4.69) is 0 Å². The molecule has 8 N–H and O–H groups in total. The van der Waals surface area contributed by atoms with Gasteiger partial charge in [-0.2, -0.15) is 0 Å². The van der Waals surface area contributed by atoms with Crippen LogP contribution >= 0.6 is 0 Å². The van der Waals surface area contributed by atoms with Crippen molar-refractivity contribution >= 4 is 11.8 Å². The smallest absolute Gasteiger partial charge is 0.338 e. The van der Waals surface area contributed by atoms with E-state index in [9.17, 15) is 50.4 Å². The predicted molar refractivity (Wildman–Crippen MR) is 138 cm³/mol. The zero-order valence-electron chi connectivity index (χ0n) is 21.3. The fourth-order valence-corrected chi connectivity index (χ4v) is 4.22. The molecule has 0 bridgehead atoms. The lowest BCUT2D eigenvalue weighted by Crippen LogP contribution is -2.60. The summed E-state index contributed by atoms with van der Waals surface area (Å²) >= 11 is 0. The number of aliphatic hydroxyl groups excluding tert-OH is 3. The van der Waals surface area contributed by atoms with Crippen molar-refractivity contribution < 1.29 is 64.7 Å². The van der Waals surface area contributed by atoms with Gasteiger partial charge in [0.2, 0.25) is 6.29 Å². The molecule has 1 aliphatic rings. The van der Waals surface area contributed by atoms with Crippen molar-refractivity contribution in [3.8, 4) is 34.5 Å². The number of benzene rings is 3. The first kappa shape index (κ1) is 29.4. The van der Waals surface area contributed by atoms with E-state index in [0.717, 1.165) is 29.8 Å². The fourth-order valence-electron chi connectivity index (χ4n) is 4.22. The second-order valence-corrected chi connectivity index (χ2v) is 9.34. The second kappa shape index (κ2) is 12.3. The van der Waals surface area contributed by atoms with E-state index in [1.807, 2.05) is 30.3 Å². The number of phenols is 5. The monoisotopic (exact) mass is 572 g/mol. The molecule has 0 aromatic heterocycles. The molecule has 41 heavy (non-hydrogen) atoms. The van der Waals surface area contributed by atoms with Gasteiger partial charge >= 0.3 is 5.97 Å². The molecule has 1 fully saturated rings. The van der Waals surface area contributed by atoms with Crippen molar-refractivity contribution in [3.63, 3.8) is 0 Å². The molecule has 0 aliphatic carbocycles. The largest absolute Gasteiger partial charge is 0.507 e. The minimum atomic E-state index is -1.83. The van der Waals surface area contributed by atoms with E-state index < -0.39 is 77.8 Å². The van der Waals surface area contributed by atoms with Crippen molar-refractivity contribution in [3.05, 3.63) is 71.3 Å². The van der Waals surface area contributed by atoms with Crippen LogP contribution in [0.15, 0.2) is 54.6 Å². The Morgan fingerprint density at radius 3 is 2.00 bits per heavy atom. The maximum absolute atomic E-state index is 12.7. The van der Waals surface area contributed by atoms with Crippen molar-refractivity contribution in [1.29, 1.82) is 0 Å². The van der Waals surface area contributed by atoms with Crippen LogP contribution in [0.3, 0.4) is 0 Å². The van der Waals surface area contributed by atoms with Crippen LogP contribution in [0.5, 0.6) is 34.5 Å². The fraction of sp³-hybridized carbons (Fsp3) is 0.286. The molecular weight excluding hydrogens is 544 g/mol. The molecule has 1 aliphatic heterocycles. The standard InChI is InChI=1S/C28H28O13/c29-16(7-6-13-4-2-1-3-5-13)22-17(30)10-15(11-18(22)31)40-28-26(37)25(36)24(35)21(41-28)12-39-27(38)14-8-19(32)23(34)20(33)9-14/h1-5,8-11,21,24-26,28,30-37H,6-7,12H2/t21-,24-,25+,26-,28-/m1/s1. The average Bonchev–Trinajstić information content (AvgIpc) is 2.94. The lowest BCUT2D eigenvalue weighted by molar-refractivity contribution is -0.277. The highest BCUT2D eigenvalue weighted by Crippen LogP contribution is 2.37. The summed E-state index contributed by atoms with van der Waals surface area (Å²) in [6, 6.07) is 12.8. The van der Waals surface area contributed by atoms with Crippen molar-refractivity contribution in [1.82, 2.24) is 0 Å². The second-order valence-electron chi connectivity index (χ2n) is 9.34. The van der Waals surface area contributed by atoms with E-state index in [0.29, 0.717) is 6.42 Å². The van der Waals surface area contributed by atoms with Gasteiger partial charge in [0.1, 0.15) is 53.8 Å². The van der Waals surface area contributed by atoms with Crippen molar-refractivity contribution in [2.24, 2.45) is 0 Å². The van der Waals surface area contributed by atoms with Crippen LogP contribution in [0.4, 0.5) is 0 Å². The summed E-state index contributed by atoms with van der Waals surface area (Å²) in [5.74, 6) is -5.48. The quantitative estimate of drug-likeness (QED) is 0.102. The summed E-state index contributed by atoms with van der Waals surface area (Å²) in [5.41, 5.74) is 0.217. The molecule has 4 rings (SSSR count). The topological polar surface area (TPSA) is 224 Å². The summed E-state index contributed by atoms with van der Waals surface area (Å²) in [4.78, 5) is 25.0. The molecule has 0 radical (unpaired) electrons. The van der Waals surface area contributed by atoms with Gasteiger partial charge in [-0.1, -0.05) is 30.3 Å². The Bertz CT molecular complexity index is 1360. The summed E-state index contributed by atoms with van der Waals surface area (Å²) in [5, 5.41) is 80.4.